The first-order valence-corrected chi connectivity index (χ1v) is 9.35. The Labute approximate surface area is 159 Å². The lowest BCUT2D eigenvalue weighted by Gasteiger charge is -2.28. The Hall–Kier alpha value is -1.93. The molecule has 1 saturated heterocycles. The van der Waals surface area contributed by atoms with Gasteiger partial charge < -0.3 is 5.32 Å². The lowest BCUT2D eigenvalue weighted by Crippen LogP contribution is -2.36. The first-order valence-electron chi connectivity index (χ1n) is 8.97. The SMILES string of the molecule is CCN(Cc1cc(C)cc(-c2ccc(C#N)c(F)c2)c1Cl)C1CCNC1. The maximum absolute atomic E-state index is 14.1. The van der Waals surface area contributed by atoms with E-state index >= 15 is 0 Å². The van der Waals surface area contributed by atoms with E-state index in [-0.39, 0.29) is 5.56 Å². The molecule has 1 fully saturated rings. The van der Waals surface area contributed by atoms with Crippen LogP contribution in [0.2, 0.25) is 5.02 Å². The molecule has 26 heavy (non-hydrogen) atoms. The van der Waals surface area contributed by atoms with Crippen molar-refractivity contribution in [1.29, 1.82) is 5.26 Å². The molecule has 1 unspecified atom stereocenters. The zero-order chi connectivity index (χ0) is 18.7. The molecule has 1 atom stereocenters. The number of nitrogens with one attached hydrogen (secondary N) is 1. The summed E-state index contributed by atoms with van der Waals surface area (Å²) in [4.78, 5) is 2.43. The van der Waals surface area contributed by atoms with Crippen molar-refractivity contribution in [3.8, 4) is 17.2 Å². The topological polar surface area (TPSA) is 39.1 Å². The summed E-state index contributed by atoms with van der Waals surface area (Å²) in [7, 11) is 0. The number of nitrogens with zero attached hydrogens (tertiary/aromatic N) is 2. The van der Waals surface area contributed by atoms with Crippen molar-refractivity contribution in [2.45, 2.75) is 32.9 Å². The van der Waals surface area contributed by atoms with Crippen LogP contribution in [0.15, 0.2) is 30.3 Å². The van der Waals surface area contributed by atoms with Crippen LogP contribution in [0.4, 0.5) is 4.39 Å². The van der Waals surface area contributed by atoms with E-state index in [9.17, 15) is 4.39 Å². The van der Waals surface area contributed by atoms with Crippen LogP contribution in [0.25, 0.3) is 11.1 Å². The highest BCUT2D eigenvalue weighted by molar-refractivity contribution is 6.34. The summed E-state index contributed by atoms with van der Waals surface area (Å²) in [5.41, 5.74) is 3.70. The van der Waals surface area contributed by atoms with Crippen LogP contribution in [0.1, 0.15) is 30.0 Å². The average molecular weight is 372 g/mol. The van der Waals surface area contributed by atoms with Gasteiger partial charge in [0.25, 0.3) is 0 Å². The van der Waals surface area contributed by atoms with Crippen molar-refractivity contribution < 1.29 is 4.39 Å². The van der Waals surface area contributed by atoms with E-state index in [0.717, 1.165) is 49.3 Å². The van der Waals surface area contributed by atoms with Crippen molar-refractivity contribution in [1.82, 2.24) is 10.2 Å². The van der Waals surface area contributed by atoms with Gasteiger partial charge in [0.1, 0.15) is 11.9 Å². The van der Waals surface area contributed by atoms with Crippen LogP contribution in [0.3, 0.4) is 0 Å². The Bertz CT molecular complexity index is 838. The average Bonchev–Trinajstić information content (AvgIpc) is 3.16. The molecule has 1 heterocycles. The van der Waals surface area contributed by atoms with Gasteiger partial charge in [0.05, 0.1) is 10.6 Å². The Kier molecular flexibility index (Phi) is 5.93. The third-order valence-corrected chi connectivity index (χ3v) is 5.47. The highest BCUT2D eigenvalue weighted by atomic mass is 35.5. The number of likely N-dealkylation sites (N-methyl/N-ethyl adjacent to an activating group) is 1. The van der Waals surface area contributed by atoms with Crippen LogP contribution >= 0.6 is 11.6 Å². The number of benzene rings is 2. The van der Waals surface area contributed by atoms with Crippen LogP contribution in [0, 0.1) is 24.1 Å². The number of nitriles is 1. The lowest BCUT2D eigenvalue weighted by atomic mass is 9.98. The number of rotatable bonds is 5. The van der Waals surface area contributed by atoms with E-state index in [1.54, 1.807) is 6.07 Å². The van der Waals surface area contributed by atoms with Gasteiger partial charge in [0.2, 0.25) is 0 Å². The molecule has 1 aliphatic heterocycles. The molecule has 5 heteroatoms. The summed E-state index contributed by atoms with van der Waals surface area (Å²) in [6, 6.07) is 11.1. The molecule has 0 aliphatic carbocycles. The largest absolute Gasteiger partial charge is 0.315 e. The molecule has 0 radical (unpaired) electrons. The molecule has 3 rings (SSSR count). The predicted molar refractivity (Wildman–Crippen MR) is 104 cm³/mol. The number of aryl methyl sites for hydroxylation is 1. The van der Waals surface area contributed by atoms with E-state index in [4.69, 9.17) is 16.9 Å². The van der Waals surface area contributed by atoms with E-state index in [1.165, 1.54) is 12.1 Å². The van der Waals surface area contributed by atoms with Gasteiger partial charge in [0.15, 0.2) is 0 Å². The second-order valence-electron chi connectivity index (χ2n) is 6.80. The molecule has 2 aromatic rings. The van der Waals surface area contributed by atoms with Gasteiger partial charge >= 0.3 is 0 Å². The Morgan fingerprint density at radius 2 is 2.15 bits per heavy atom. The van der Waals surface area contributed by atoms with Gasteiger partial charge in [-0.25, -0.2) is 4.39 Å². The molecule has 0 aromatic heterocycles. The second-order valence-corrected chi connectivity index (χ2v) is 7.18. The fourth-order valence-corrected chi connectivity index (χ4v) is 3.89. The van der Waals surface area contributed by atoms with Gasteiger partial charge in [-0.3, -0.25) is 4.90 Å². The number of halogens is 2. The zero-order valence-corrected chi connectivity index (χ0v) is 15.9. The standard InChI is InChI=1S/C21H23ClFN3/c1-3-26(18-6-7-25-12-18)13-17-8-14(2)9-19(21(17)22)15-4-5-16(11-24)20(23)10-15/h4-5,8-10,18,25H,3,6-7,12-13H2,1-2H3. The van der Waals surface area contributed by atoms with Crippen molar-refractivity contribution in [3.63, 3.8) is 0 Å². The van der Waals surface area contributed by atoms with Gasteiger partial charge in [0, 0.05) is 24.7 Å². The predicted octanol–water partition coefficient (Wildman–Crippen LogP) is 4.51. The summed E-state index contributed by atoms with van der Waals surface area (Å²) in [6.07, 6.45) is 1.14. The summed E-state index contributed by atoms with van der Waals surface area (Å²) >= 11 is 6.72. The minimum atomic E-state index is -0.517. The second kappa shape index (κ2) is 8.18. The molecule has 1 N–H and O–H groups in total. The van der Waals surface area contributed by atoms with E-state index in [0.29, 0.717) is 16.6 Å². The van der Waals surface area contributed by atoms with Gasteiger partial charge in [-0.1, -0.05) is 36.2 Å². The normalized spacial score (nSPS) is 16.8. The molecule has 0 bridgehead atoms. The van der Waals surface area contributed by atoms with Gasteiger partial charge in [-0.05, 0) is 55.8 Å². The minimum absolute atomic E-state index is 0.0450. The molecule has 0 saturated carbocycles. The van der Waals surface area contributed by atoms with Crippen molar-refractivity contribution in [2.75, 3.05) is 19.6 Å². The zero-order valence-electron chi connectivity index (χ0n) is 15.1. The maximum Gasteiger partial charge on any atom is 0.141 e. The van der Waals surface area contributed by atoms with Crippen LogP contribution in [-0.4, -0.2) is 30.6 Å². The monoisotopic (exact) mass is 371 g/mol. The third kappa shape index (κ3) is 3.91. The van der Waals surface area contributed by atoms with Gasteiger partial charge in [-0.2, -0.15) is 5.26 Å². The van der Waals surface area contributed by atoms with Crippen molar-refractivity contribution >= 4 is 11.6 Å². The van der Waals surface area contributed by atoms with Crippen molar-refractivity contribution in [2.24, 2.45) is 0 Å². The molecular weight excluding hydrogens is 349 g/mol. The quantitative estimate of drug-likeness (QED) is 0.840. The molecule has 0 amide bonds. The Morgan fingerprint density at radius 3 is 2.77 bits per heavy atom. The number of hydrogen-bond donors (Lipinski definition) is 1. The Morgan fingerprint density at radius 1 is 1.35 bits per heavy atom. The first kappa shape index (κ1) is 18.8. The van der Waals surface area contributed by atoms with E-state index < -0.39 is 5.82 Å². The highest BCUT2D eigenvalue weighted by Crippen LogP contribution is 2.34. The summed E-state index contributed by atoms with van der Waals surface area (Å²) in [6.45, 7) is 7.98. The molecule has 1 aliphatic rings. The van der Waals surface area contributed by atoms with Gasteiger partial charge in [-0.15, -0.1) is 0 Å². The fraction of sp³-hybridized carbons (Fsp3) is 0.381. The van der Waals surface area contributed by atoms with Crippen LogP contribution in [0.5, 0.6) is 0 Å². The molecule has 136 valence electrons. The fourth-order valence-electron chi connectivity index (χ4n) is 3.61. The smallest absolute Gasteiger partial charge is 0.141 e. The van der Waals surface area contributed by atoms with Crippen LogP contribution < -0.4 is 5.32 Å². The summed E-state index contributed by atoms with van der Waals surface area (Å²) < 4.78 is 14.1. The molecule has 2 aromatic carbocycles. The minimum Gasteiger partial charge on any atom is -0.315 e. The van der Waals surface area contributed by atoms with E-state index in [1.807, 2.05) is 19.1 Å². The van der Waals surface area contributed by atoms with Crippen molar-refractivity contribution in [3.05, 3.63) is 57.9 Å². The maximum atomic E-state index is 14.1. The van der Waals surface area contributed by atoms with Crippen LogP contribution in [-0.2, 0) is 6.54 Å². The molecule has 0 spiro atoms. The molecule has 3 nitrogen and oxygen atoms in total. The summed E-state index contributed by atoms with van der Waals surface area (Å²) in [5.74, 6) is -0.517. The first-order chi connectivity index (χ1) is 12.5. The summed E-state index contributed by atoms with van der Waals surface area (Å²) in [5, 5.41) is 13.0. The lowest BCUT2D eigenvalue weighted by molar-refractivity contribution is 0.210. The Balaban J connectivity index is 1.96. The molecular formula is C21H23ClFN3. The third-order valence-electron chi connectivity index (χ3n) is 5.02. The number of hydrogen-bond acceptors (Lipinski definition) is 3. The highest BCUT2D eigenvalue weighted by Gasteiger charge is 2.22. The van der Waals surface area contributed by atoms with E-state index in [2.05, 4.69) is 23.2 Å².